The Morgan fingerprint density at radius 3 is 2.76 bits per heavy atom. The van der Waals surface area contributed by atoms with E-state index >= 15 is 0 Å². The number of amides is 1. The third-order valence-electron chi connectivity index (χ3n) is 4.95. The first kappa shape index (κ1) is 17.7. The number of nitrogens with zero attached hydrogens (tertiary/aromatic N) is 2. The largest absolute Gasteiger partial charge is 0.423 e. The quantitative estimate of drug-likeness (QED) is 0.841. The summed E-state index contributed by atoms with van der Waals surface area (Å²) < 4.78 is 5.81. The lowest BCUT2D eigenvalue weighted by Crippen LogP contribution is -2.43. The van der Waals surface area contributed by atoms with E-state index in [1.165, 1.54) is 0 Å². The van der Waals surface area contributed by atoms with Gasteiger partial charge in [0.1, 0.15) is 5.52 Å². The predicted molar refractivity (Wildman–Crippen MR) is 97.4 cm³/mol. The van der Waals surface area contributed by atoms with Gasteiger partial charge in [-0.2, -0.15) is 4.98 Å². The summed E-state index contributed by atoms with van der Waals surface area (Å²) in [5.74, 6) is 0.147. The smallest absolute Gasteiger partial charge is 0.298 e. The number of carbonyl (C=O) groups is 1. The van der Waals surface area contributed by atoms with E-state index in [0.717, 1.165) is 37.0 Å². The highest BCUT2D eigenvalue weighted by Crippen LogP contribution is 2.26. The number of rotatable bonds is 6. The highest BCUT2D eigenvalue weighted by atomic mass is 16.4. The number of anilines is 1. The fourth-order valence-electron chi connectivity index (χ4n) is 3.19. The van der Waals surface area contributed by atoms with Crippen molar-refractivity contribution in [3.05, 3.63) is 24.3 Å². The van der Waals surface area contributed by atoms with Gasteiger partial charge in [0.15, 0.2) is 5.58 Å². The van der Waals surface area contributed by atoms with E-state index in [0.29, 0.717) is 19.0 Å². The van der Waals surface area contributed by atoms with Crippen molar-refractivity contribution >= 4 is 23.0 Å². The summed E-state index contributed by atoms with van der Waals surface area (Å²) in [5, 5.41) is 12.1. The topological polar surface area (TPSA) is 78.6 Å². The number of piperidine rings is 1. The summed E-state index contributed by atoms with van der Waals surface area (Å²) in [7, 11) is 0. The minimum Gasteiger partial charge on any atom is -0.423 e. The second-order valence-corrected chi connectivity index (χ2v) is 7.58. The molecular weight excluding hydrogens is 318 g/mol. The SMILES string of the molecule is CC(C)(CCO)CNC(=O)C1CCN(c2nc3ccccc3o2)CC1. The van der Waals surface area contributed by atoms with Gasteiger partial charge < -0.3 is 19.7 Å². The molecule has 0 radical (unpaired) electrons. The number of hydrogen-bond acceptors (Lipinski definition) is 5. The normalized spacial score (nSPS) is 16.4. The molecule has 2 aromatic rings. The molecule has 0 bridgehead atoms. The van der Waals surface area contributed by atoms with E-state index in [1.807, 2.05) is 24.3 Å². The highest BCUT2D eigenvalue weighted by Gasteiger charge is 2.28. The van der Waals surface area contributed by atoms with Crippen molar-refractivity contribution in [2.75, 3.05) is 31.1 Å². The van der Waals surface area contributed by atoms with Gasteiger partial charge in [0.05, 0.1) is 0 Å². The van der Waals surface area contributed by atoms with Crippen molar-refractivity contribution in [2.45, 2.75) is 33.1 Å². The Morgan fingerprint density at radius 1 is 1.36 bits per heavy atom. The van der Waals surface area contributed by atoms with Crippen LogP contribution in [0.1, 0.15) is 33.1 Å². The molecule has 0 unspecified atom stereocenters. The van der Waals surface area contributed by atoms with Crippen molar-refractivity contribution in [2.24, 2.45) is 11.3 Å². The van der Waals surface area contributed by atoms with Crippen LogP contribution in [0.3, 0.4) is 0 Å². The molecule has 1 aromatic carbocycles. The maximum absolute atomic E-state index is 12.4. The molecule has 0 aliphatic carbocycles. The first-order valence-electron chi connectivity index (χ1n) is 8.98. The van der Waals surface area contributed by atoms with Gasteiger partial charge in [0.2, 0.25) is 5.91 Å². The van der Waals surface area contributed by atoms with Crippen molar-refractivity contribution in [1.82, 2.24) is 10.3 Å². The Balaban J connectivity index is 1.52. The number of carbonyl (C=O) groups excluding carboxylic acids is 1. The van der Waals surface area contributed by atoms with Crippen molar-refractivity contribution < 1.29 is 14.3 Å². The Bertz CT molecular complexity index is 685. The average molecular weight is 345 g/mol. The second kappa shape index (κ2) is 7.44. The lowest BCUT2D eigenvalue weighted by molar-refractivity contribution is -0.126. The summed E-state index contributed by atoms with van der Waals surface area (Å²) in [5.41, 5.74) is 1.58. The predicted octanol–water partition coefficient (Wildman–Crippen LogP) is 2.57. The number of aromatic nitrogens is 1. The second-order valence-electron chi connectivity index (χ2n) is 7.58. The van der Waals surface area contributed by atoms with Gasteiger partial charge >= 0.3 is 0 Å². The summed E-state index contributed by atoms with van der Waals surface area (Å²) in [6.45, 7) is 6.39. The molecule has 136 valence electrons. The maximum Gasteiger partial charge on any atom is 0.298 e. The van der Waals surface area contributed by atoms with Crippen LogP contribution in [0.5, 0.6) is 0 Å². The molecule has 6 heteroatoms. The monoisotopic (exact) mass is 345 g/mol. The summed E-state index contributed by atoms with van der Waals surface area (Å²) >= 11 is 0. The van der Waals surface area contributed by atoms with Gasteiger partial charge in [-0.25, -0.2) is 0 Å². The minimum absolute atomic E-state index is 0.0329. The van der Waals surface area contributed by atoms with E-state index in [-0.39, 0.29) is 23.8 Å². The first-order valence-corrected chi connectivity index (χ1v) is 8.98. The first-order chi connectivity index (χ1) is 12.0. The molecule has 1 aliphatic heterocycles. The van der Waals surface area contributed by atoms with Gasteiger partial charge in [-0.1, -0.05) is 26.0 Å². The molecule has 0 spiro atoms. The Hall–Kier alpha value is -2.08. The average Bonchev–Trinajstić information content (AvgIpc) is 3.04. The number of oxazole rings is 1. The molecule has 2 heterocycles. The molecule has 1 aromatic heterocycles. The standard InChI is InChI=1S/C19H27N3O3/c1-19(2,9-12-23)13-20-17(24)14-7-10-22(11-8-14)18-21-15-5-3-4-6-16(15)25-18/h3-6,14,23H,7-13H2,1-2H3,(H,20,24). The van der Waals surface area contributed by atoms with Crippen LogP contribution in [-0.4, -0.2) is 42.2 Å². The van der Waals surface area contributed by atoms with Crippen LogP contribution in [0, 0.1) is 11.3 Å². The number of hydrogen-bond donors (Lipinski definition) is 2. The summed E-state index contributed by atoms with van der Waals surface area (Å²) in [6, 6.07) is 8.39. The molecule has 0 atom stereocenters. The van der Waals surface area contributed by atoms with Gasteiger partial charge in [0, 0.05) is 32.2 Å². The molecule has 2 N–H and O–H groups in total. The van der Waals surface area contributed by atoms with E-state index in [2.05, 4.69) is 29.0 Å². The Morgan fingerprint density at radius 2 is 2.08 bits per heavy atom. The molecule has 25 heavy (non-hydrogen) atoms. The van der Waals surface area contributed by atoms with Gasteiger partial charge in [-0.3, -0.25) is 4.79 Å². The highest BCUT2D eigenvalue weighted by molar-refractivity contribution is 5.79. The van der Waals surface area contributed by atoms with Crippen LogP contribution < -0.4 is 10.2 Å². The van der Waals surface area contributed by atoms with Gasteiger partial charge in [-0.15, -0.1) is 0 Å². The van der Waals surface area contributed by atoms with E-state index < -0.39 is 0 Å². The molecule has 6 nitrogen and oxygen atoms in total. The van der Waals surface area contributed by atoms with Crippen LogP contribution in [0.15, 0.2) is 28.7 Å². The lowest BCUT2D eigenvalue weighted by Gasteiger charge is -2.31. The zero-order valence-corrected chi connectivity index (χ0v) is 15.0. The van der Waals surface area contributed by atoms with E-state index in [9.17, 15) is 4.79 Å². The van der Waals surface area contributed by atoms with E-state index in [4.69, 9.17) is 9.52 Å². The van der Waals surface area contributed by atoms with Crippen molar-refractivity contribution in [3.8, 4) is 0 Å². The van der Waals surface area contributed by atoms with Crippen LogP contribution >= 0.6 is 0 Å². The fraction of sp³-hybridized carbons (Fsp3) is 0.579. The Labute approximate surface area is 148 Å². The van der Waals surface area contributed by atoms with Gasteiger partial charge in [0.25, 0.3) is 6.01 Å². The fourth-order valence-corrected chi connectivity index (χ4v) is 3.19. The lowest BCUT2D eigenvalue weighted by atomic mass is 9.89. The van der Waals surface area contributed by atoms with Crippen LogP contribution in [-0.2, 0) is 4.79 Å². The zero-order valence-electron chi connectivity index (χ0n) is 15.0. The van der Waals surface area contributed by atoms with Crippen molar-refractivity contribution in [1.29, 1.82) is 0 Å². The van der Waals surface area contributed by atoms with Crippen LogP contribution in [0.25, 0.3) is 11.1 Å². The number of benzene rings is 1. The number of para-hydroxylation sites is 2. The van der Waals surface area contributed by atoms with Crippen LogP contribution in [0.4, 0.5) is 6.01 Å². The minimum atomic E-state index is -0.0801. The third-order valence-corrected chi connectivity index (χ3v) is 4.95. The molecule has 1 saturated heterocycles. The molecule has 0 saturated carbocycles. The van der Waals surface area contributed by atoms with Gasteiger partial charge in [-0.05, 0) is 36.8 Å². The number of fused-ring (bicyclic) bond motifs is 1. The number of nitrogens with one attached hydrogen (secondary N) is 1. The van der Waals surface area contributed by atoms with Crippen molar-refractivity contribution in [3.63, 3.8) is 0 Å². The molecule has 1 fully saturated rings. The molecule has 1 aliphatic rings. The summed E-state index contributed by atoms with van der Waals surface area (Å²) in [6.07, 6.45) is 2.28. The molecule has 3 rings (SSSR count). The maximum atomic E-state index is 12.4. The van der Waals surface area contributed by atoms with Crippen LogP contribution in [0.2, 0.25) is 0 Å². The molecule has 1 amide bonds. The summed E-state index contributed by atoms with van der Waals surface area (Å²) in [4.78, 5) is 19.0. The van der Waals surface area contributed by atoms with E-state index in [1.54, 1.807) is 0 Å². The zero-order chi connectivity index (χ0) is 17.9. The number of aliphatic hydroxyl groups excluding tert-OH is 1. The molecular formula is C19H27N3O3. The number of aliphatic hydroxyl groups is 1. The Kier molecular flexibility index (Phi) is 5.27. The third kappa shape index (κ3) is 4.31.